The van der Waals surface area contributed by atoms with Crippen molar-refractivity contribution in [3.05, 3.63) is 30.4 Å². The van der Waals surface area contributed by atoms with Crippen LogP contribution in [0, 0.1) is 0 Å². The van der Waals surface area contributed by atoms with Gasteiger partial charge >= 0.3 is 0 Å². The molecule has 0 aromatic carbocycles. The average Bonchev–Trinajstić information content (AvgIpc) is 2.53. The summed E-state index contributed by atoms with van der Waals surface area (Å²) in [5.41, 5.74) is 0.394. The summed E-state index contributed by atoms with van der Waals surface area (Å²) in [6.45, 7) is 8.11. The van der Waals surface area contributed by atoms with Crippen molar-refractivity contribution in [3.8, 4) is 5.95 Å². The first-order valence-corrected chi connectivity index (χ1v) is 7.50. The van der Waals surface area contributed by atoms with Gasteiger partial charge in [0.2, 0.25) is 5.95 Å². The Morgan fingerprint density at radius 2 is 2.00 bits per heavy atom. The van der Waals surface area contributed by atoms with Crippen LogP contribution in [0.5, 0.6) is 0 Å². The van der Waals surface area contributed by atoms with Crippen LogP contribution in [-0.4, -0.2) is 31.3 Å². The highest BCUT2D eigenvalue weighted by atomic mass is 16.1. The van der Waals surface area contributed by atoms with Crippen molar-refractivity contribution in [2.24, 2.45) is 7.05 Å². The topological polar surface area (TPSA) is 64.7 Å². The molecule has 0 unspecified atom stereocenters. The van der Waals surface area contributed by atoms with E-state index in [1.165, 1.54) is 0 Å². The van der Waals surface area contributed by atoms with Gasteiger partial charge in [-0.15, -0.1) is 0 Å². The predicted octanol–water partition coefficient (Wildman–Crippen LogP) is 2.80. The van der Waals surface area contributed by atoms with Crippen molar-refractivity contribution in [1.29, 1.82) is 0 Å². The van der Waals surface area contributed by atoms with Gasteiger partial charge in [-0.1, -0.05) is 27.7 Å². The SMILES string of the molecule is CC.CCC(CC)NC(=O)c1ccnc(-n2ccn2C)n1.[HH]. The molecule has 0 bridgehead atoms. The Bertz CT molecular complexity index is 560. The average molecular weight is 293 g/mol. The van der Waals surface area contributed by atoms with Crippen LogP contribution in [-0.2, 0) is 7.05 Å². The van der Waals surface area contributed by atoms with E-state index in [9.17, 15) is 4.79 Å². The summed E-state index contributed by atoms with van der Waals surface area (Å²) in [4.78, 5) is 20.5. The molecule has 1 N–H and O–H groups in total. The van der Waals surface area contributed by atoms with Crippen molar-refractivity contribution in [2.75, 3.05) is 0 Å². The zero-order chi connectivity index (χ0) is 15.8. The molecule has 118 valence electrons. The van der Waals surface area contributed by atoms with Crippen molar-refractivity contribution < 1.29 is 6.22 Å². The van der Waals surface area contributed by atoms with E-state index in [0.29, 0.717) is 11.6 Å². The summed E-state index contributed by atoms with van der Waals surface area (Å²) >= 11 is 0. The Labute approximate surface area is 127 Å². The number of hydrogen-bond donors (Lipinski definition) is 1. The fraction of sp³-hybridized carbons (Fsp3) is 0.533. The van der Waals surface area contributed by atoms with E-state index in [1.54, 1.807) is 16.9 Å². The molecule has 6 nitrogen and oxygen atoms in total. The maximum atomic E-state index is 12.1. The second-order valence-corrected chi connectivity index (χ2v) is 4.45. The van der Waals surface area contributed by atoms with Gasteiger partial charge in [0.25, 0.3) is 5.91 Å². The van der Waals surface area contributed by atoms with Gasteiger partial charge in [0.15, 0.2) is 0 Å². The van der Waals surface area contributed by atoms with Gasteiger partial charge in [-0.2, -0.15) is 0 Å². The number of aromatic nitrogens is 4. The summed E-state index contributed by atoms with van der Waals surface area (Å²) in [5.74, 6) is 0.353. The quantitative estimate of drug-likeness (QED) is 0.922. The number of hydrogen-bond acceptors (Lipinski definition) is 3. The van der Waals surface area contributed by atoms with Gasteiger partial charge in [0.1, 0.15) is 5.69 Å². The Morgan fingerprint density at radius 1 is 1.33 bits per heavy atom. The summed E-state index contributed by atoms with van der Waals surface area (Å²) in [5, 5.41) is 2.97. The molecule has 0 aliphatic rings. The Kier molecular flexibility index (Phi) is 6.65. The number of amides is 1. The molecule has 6 heteroatoms. The first-order valence-electron chi connectivity index (χ1n) is 7.50. The van der Waals surface area contributed by atoms with E-state index >= 15 is 0 Å². The molecule has 0 radical (unpaired) electrons. The molecule has 0 fully saturated rings. The molecule has 0 spiro atoms. The number of nitrogens with one attached hydrogen (secondary N) is 1. The van der Waals surface area contributed by atoms with Gasteiger partial charge in [0.05, 0.1) is 0 Å². The van der Waals surface area contributed by atoms with E-state index in [2.05, 4.69) is 29.1 Å². The third kappa shape index (κ3) is 4.18. The van der Waals surface area contributed by atoms with Crippen LogP contribution in [0.1, 0.15) is 52.5 Å². The lowest BCUT2D eigenvalue weighted by molar-refractivity contribution is 0.0929. The standard InChI is InChI=1S/C13H19N5O.C2H6.H2/c1-4-10(5-2)15-12(19)11-6-7-14-13(16-11)18-9-8-17(18)3;1-2;/h6-10H,4-5H2,1-3H3,(H,15,19);1-2H3;1H. The van der Waals surface area contributed by atoms with Crippen molar-refractivity contribution in [2.45, 2.75) is 46.6 Å². The molecular formula is C15H27N5O. The lowest BCUT2D eigenvalue weighted by atomic mass is 10.1. The maximum absolute atomic E-state index is 12.1. The van der Waals surface area contributed by atoms with E-state index < -0.39 is 0 Å². The number of carbonyl (C=O) groups excluding carboxylic acids is 1. The first-order chi connectivity index (χ1) is 10.2. The highest BCUT2D eigenvalue weighted by Gasteiger charge is 2.13. The minimum atomic E-state index is -0.149. The van der Waals surface area contributed by atoms with Crippen LogP contribution in [0.3, 0.4) is 0 Å². The van der Waals surface area contributed by atoms with Gasteiger partial charge in [-0.3, -0.25) is 9.48 Å². The first kappa shape index (κ1) is 16.9. The molecular weight excluding hydrogens is 266 g/mol. The molecule has 2 aromatic rings. The van der Waals surface area contributed by atoms with Crippen molar-refractivity contribution in [1.82, 2.24) is 24.6 Å². The Balaban J connectivity index is 0.00000141. The van der Waals surface area contributed by atoms with Gasteiger partial charge < -0.3 is 5.32 Å². The summed E-state index contributed by atoms with van der Waals surface area (Å²) in [6.07, 6.45) is 7.16. The summed E-state index contributed by atoms with van der Waals surface area (Å²) in [7, 11) is 1.89. The highest BCUT2D eigenvalue weighted by Crippen LogP contribution is 2.05. The molecule has 0 atom stereocenters. The second-order valence-electron chi connectivity index (χ2n) is 4.45. The number of aryl methyl sites for hydroxylation is 1. The van der Waals surface area contributed by atoms with E-state index in [1.807, 2.05) is 38.0 Å². The van der Waals surface area contributed by atoms with Crippen LogP contribution in [0.4, 0.5) is 0 Å². The lowest BCUT2D eigenvalue weighted by Crippen LogP contribution is -2.34. The van der Waals surface area contributed by atoms with Gasteiger partial charge in [-0.25, -0.2) is 14.6 Å². The number of rotatable bonds is 5. The normalized spacial score (nSPS) is 10.2. The smallest absolute Gasteiger partial charge is 0.270 e. The van der Waals surface area contributed by atoms with Crippen LogP contribution in [0.2, 0.25) is 0 Å². The number of nitrogens with zero attached hydrogens (tertiary/aromatic N) is 4. The summed E-state index contributed by atoms with van der Waals surface area (Å²) in [6, 6.07) is 1.82. The third-order valence-electron chi connectivity index (χ3n) is 3.16. The highest BCUT2D eigenvalue weighted by molar-refractivity contribution is 5.92. The van der Waals surface area contributed by atoms with Gasteiger partial charge in [-0.05, 0) is 18.9 Å². The second kappa shape index (κ2) is 8.24. The Morgan fingerprint density at radius 3 is 2.48 bits per heavy atom. The van der Waals surface area contributed by atoms with Crippen molar-refractivity contribution >= 4 is 5.91 Å². The largest absolute Gasteiger partial charge is 0.348 e. The fourth-order valence-electron chi connectivity index (χ4n) is 1.81. The number of carbonyl (C=O) groups is 1. The van der Waals surface area contributed by atoms with Crippen LogP contribution in [0.25, 0.3) is 5.95 Å². The fourth-order valence-corrected chi connectivity index (χ4v) is 1.81. The van der Waals surface area contributed by atoms with Crippen molar-refractivity contribution in [3.63, 3.8) is 0 Å². The van der Waals surface area contributed by atoms with Gasteiger partial charge in [0, 0.05) is 33.1 Å². The van der Waals surface area contributed by atoms with Crippen LogP contribution >= 0.6 is 0 Å². The molecule has 0 saturated heterocycles. The van der Waals surface area contributed by atoms with Crippen LogP contribution < -0.4 is 5.32 Å². The zero-order valence-corrected chi connectivity index (χ0v) is 13.5. The van der Waals surface area contributed by atoms with E-state index in [4.69, 9.17) is 0 Å². The molecule has 21 heavy (non-hydrogen) atoms. The third-order valence-corrected chi connectivity index (χ3v) is 3.16. The molecule has 0 aliphatic carbocycles. The van der Waals surface area contributed by atoms with Crippen LogP contribution in [0.15, 0.2) is 24.7 Å². The summed E-state index contributed by atoms with van der Waals surface area (Å²) < 4.78 is 3.62. The Hall–Kier alpha value is -2.11. The minimum Gasteiger partial charge on any atom is -0.348 e. The predicted molar refractivity (Wildman–Crippen MR) is 85.6 cm³/mol. The lowest BCUT2D eigenvalue weighted by Gasteiger charge is -2.16. The minimum absolute atomic E-state index is 0. The monoisotopic (exact) mass is 293 g/mol. The molecule has 2 aromatic heterocycles. The molecule has 0 aliphatic heterocycles. The van der Waals surface area contributed by atoms with E-state index in [-0.39, 0.29) is 13.4 Å². The molecule has 0 saturated carbocycles. The molecule has 1 amide bonds. The molecule has 2 heterocycles. The zero-order valence-electron chi connectivity index (χ0n) is 13.5. The van der Waals surface area contributed by atoms with E-state index in [0.717, 1.165) is 12.8 Å². The molecule has 2 rings (SSSR count). The maximum Gasteiger partial charge on any atom is 0.270 e.